The zero-order valence-corrected chi connectivity index (χ0v) is 19.5. The van der Waals surface area contributed by atoms with Crippen LogP contribution >= 0.6 is 11.8 Å². The number of para-hydroxylation sites is 1. The van der Waals surface area contributed by atoms with Gasteiger partial charge in [0.2, 0.25) is 0 Å². The molecule has 0 aromatic heterocycles. The topological polar surface area (TPSA) is 80.2 Å². The number of amidine groups is 1. The van der Waals surface area contributed by atoms with Crippen molar-refractivity contribution in [3.63, 3.8) is 0 Å². The highest BCUT2D eigenvalue weighted by Crippen LogP contribution is 2.37. The molecule has 1 heterocycles. The maximum Gasteiger partial charge on any atom is 0.266 e. The zero-order chi connectivity index (χ0) is 23.1. The first-order chi connectivity index (χ1) is 15.5. The molecule has 0 saturated carbocycles. The summed E-state index contributed by atoms with van der Waals surface area (Å²) in [6.45, 7) is 6.78. The van der Waals surface area contributed by atoms with E-state index in [0.29, 0.717) is 45.9 Å². The van der Waals surface area contributed by atoms with Crippen LogP contribution < -0.4 is 14.8 Å². The molecule has 3 rings (SSSR count). The smallest absolute Gasteiger partial charge is 0.266 e. The number of anilines is 1. The molecule has 2 amide bonds. The Balaban J connectivity index is 1.81. The molecule has 0 bridgehead atoms. The molecule has 2 aromatic rings. The van der Waals surface area contributed by atoms with Crippen LogP contribution in [0.2, 0.25) is 0 Å². The minimum atomic E-state index is -0.292. The van der Waals surface area contributed by atoms with Crippen molar-refractivity contribution in [2.75, 3.05) is 32.1 Å². The molecular formula is C24H27N3O4S. The summed E-state index contributed by atoms with van der Waals surface area (Å²) in [7, 11) is 1.53. The Morgan fingerprint density at radius 2 is 1.94 bits per heavy atom. The van der Waals surface area contributed by atoms with Crippen LogP contribution in [0.15, 0.2) is 52.4 Å². The van der Waals surface area contributed by atoms with Gasteiger partial charge in [0.15, 0.2) is 23.3 Å². The van der Waals surface area contributed by atoms with Crippen molar-refractivity contribution < 1.29 is 19.1 Å². The quantitative estimate of drug-likeness (QED) is 0.602. The van der Waals surface area contributed by atoms with Crippen molar-refractivity contribution in [1.29, 1.82) is 0 Å². The van der Waals surface area contributed by atoms with Gasteiger partial charge < -0.3 is 14.8 Å². The van der Waals surface area contributed by atoms with Crippen LogP contribution in [0.25, 0.3) is 6.08 Å². The Hall–Kier alpha value is -3.26. The zero-order valence-electron chi connectivity index (χ0n) is 18.7. The fourth-order valence-corrected chi connectivity index (χ4v) is 4.21. The van der Waals surface area contributed by atoms with E-state index in [1.807, 2.05) is 57.2 Å². The lowest BCUT2D eigenvalue weighted by Gasteiger charge is -2.14. The van der Waals surface area contributed by atoms with Crippen molar-refractivity contribution in [3.8, 4) is 11.5 Å². The average Bonchev–Trinajstić information content (AvgIpc) is 3.08. The van der Waals surface area contributed by atoms with E-state index >= 15 is 0 Å². The largest absolute Gasteiger partial charge is 0.493 e. The summed E-state index contributed by atoms with van der Waals surface area (Å²) in [6, 6.07) is 12.9. The van der Waals surface area contributed by atoms with E-state index in [4.69, 9.17) is 9.47 Å². The second-order valence-corrected chi connectivity index (χ2v) is 8.01. The number of methoxy groups -OCH3 is 1. The first-order valence-electron chi connectivity index (χ1n) is 10.4. The van der Waals surface area contributed by atoms with Crippen LogP contribution in [0.4, 0.5) is 5.69 Å². The van der Waals surface area contributed by atoms with Crippen molar-refractivity contribution >= 4 is 40.5 Å². The summed E-state index contributed by atoms with van der Waals surface area (Å²) in [5.41, 5.74) is 2.46. The van der Waals surface area contributed by atoms with Gasteiger partial charge in [-0.05, 0) is 56.8 Å². The maximum absolute atomic E-state index is 12.8. The van der Waals surface area contributed by atoms with Crippen LogP contribution in [0, 0.1) is 6.92 Å². The molecule has 1 aliphatic heterocycles. The standard InChI is InChI=1S/C24H27N3O4S/c1-5-25-24-27(6-2)23(29)20(32-24)14-17-8-7-9-19(30-4)22(17)31-15-21(28)26-18-12-10-16(3)11-13-18/h7-14H,5-6,15H2,1-4H3,(H,26,28)/b20-14+,25-24?. The van der Waals surface area contributed by atoms with E-state index in [2.05, 4.69) is 10.3 Å². The van der Waals surface area contributed by atoms with Gasteiger partial charge in [-0.25, -0.2) is 0 Å². The third kappa shape index (κ3) is 5.50. The minimum absolute atomic E-state index is 0.101. The molecular weight excluding hydrogens is 426 g/mol. The molecule has 1 saturated heterocycles. The molecule has 8 heteroatoms. The summed E-state index contributed by atoms with van der Waals surface area (Å²) in [4.78, 5) is 31.8. The monoisotopic (exact) mass is 453 g/mol. The number of nitrogens with one attached hydrogen (secondary N) is 1. The van der Waals surface area contributed by atoms with Gasteiger partial charge in [0.1, 0.15) is 0 Å². The van der Waals surface area contributed by atoms with E-state index in [1.165, 1.54) is 18.9 Å². The van der Waals surface area contributed by atoms with Gasteiger partial charge in [-0.15, -0.1) is 0 Å². The second-order valence-electron chi connectivity index (χ2n) is 7.00. The second kappa shape index (κ2) is 10.9. The van der Waals surface area contributed by atoms with E-state index in [-0.39, 0.29) is 18.4 Å². The number of ether oxygens (including phenoxy) is 2. The molecule has 7 nitrogen and oxygen atoms in total. The number of aliphatic imine (C=N–C) groups is 1. The Labute approximate surface area is 192 Å². The molecule has 32 heavy (non-hydrogen) atoms. The molecule has 0 unspecified atom stereocenters. The van der Waals surface area contributed by atoms with Gasteiger partial charge >= 0.3 is 0 Å². The van der Waals surface area contributed by atoms with Gasteiger partial charge in [-0.3, -0.25) is 19.5 Å². The van der Waals surface area contributed by atoms with Crippen LogP contribution in [0.5, 0.6) is 11.5 Å². The molecule has 0 aliphatic carbocycles. The number of hydrogen-bond acceptors (Lipinski definition) is 6. The lowest BCUT2D eigenvalue weighted by Crippen LogP contribution is -2.28. The number of aryl methyl sites for hydroxylation is 1. The fraction of sp³-hybridized carbons (Fsp3) is 0.292. The highest BCUT2D eigenvalue weighted by molar-refractivity contribution is 8.18. The molecule has 168 valence electrons. The predicted molar refractivity (Wildman–Crippen MR) is 129 cm³/mol. The van der Waals surface area contributed by atoms with Crippen molar-refractivity contribution in [3.05, 3.63) is 58.5 Å². The normalized spacial score (nSPS) is 16.0. The first kappa shape index (κ1) is 23.4. The van der Waals surface area contributed by atoms with Gasteiger partial charge in [0, 0.05) is 24.3 Å². The highest BCUT2D eigenvalue weighted by atomic mass is 32.2. The summed E-state index contributed by atoms with van der Waals surface area (Å²) < 4.78 is 11.3. The Morgan fingerprint density at radius 1 is 1.19 bits per heavy atom. The first-order valence-corrected chi connectivity index (χ1v) is 11.2. The maximum atomic E-state index is 12.8. The SMILES string of the molecule is CCN=C1S/C(=C/c2cccc(OC)c2OCC(=O)Nc2ccc(C)cc2)C(=O)N1CC. The summed E-state index contributed by atoms with van der Waals surface area (Å²) in [6.07, 6.45) is 1.75. The molecule has 0 spiro atoms. The van der Waals surface area contributed by atoms with E-state index in [1.54, 1.807) is 17.0 Å². The third-order valence-corrected chi connectivity index (χ3v) is 5.74. The number of likely N-dealkylation sites (N-methyl/N-ethyl adjacent to an activating group) is 1. The number of benzene rings is 2. The molecule has 2 aromatic carbocycles. The van der Waals surface area contributed by atoms with Gasteiger partial charge in [-0.1, -0.05) is 29.8 Å². The molecule has 0 radical (unpaired) electrons. The number of carbonyl (C=O) groups excluding carboxylic acids is 2. The molecule has 1 aliphatic rings. The molecule has 1 fully saturated rings. The van der Waals surface area contributed by atoms with Crippen molar-refractivity contribution in [2.24, 2.45) is 4.99 Å². The lowest BCUT2D eigenvalue weighted by molar-refractivity contribution is -0.122. The van der Waals surface area contributed by atoms with Crippen LogP contribution in [0.1, 0.15) is 25.0 Å². The Morgan fingerprint density at radius 3 is 2.59 bits per heavy atom. The average molecular weight is 454 g/mol. The third-order valence-electron chi connectivity index (χ3n) is 4.70. The van der Waals surface area contributed by atoms with Gasteiger partial charge in [-0.2, -0.15) is 0 Å². The summed E-state index contributed by atoms with van der Waals surface area (Å²) >= 11 is 1.33. The highest BCUT2D eigenvalue weighted by Gasteiger charge is 2.32. The van der Waals surface area contributed by atoms with Crippen molar-refractivity contribution in [2.45, 2.75) is 20.8 Å². The Bertz CT molecular complexity index is 1050. The van der Waals surface area contributed by atoms with Crippen LogP contribution in [-0.4, -0.2) is 48.7 Å². The number of thioether (sulfide) groups is 1. The predicted octanol–water partition coefficient (Wildman–Crippen LogP) is 4.33. The molecule has 0 atom stereocenters. The van der Waals surface area contributed by atoms with Crippen molar-refractivity contribution in [1.82, 2.24) is 4.90 Å². The summed E-state index contributed by atoms with van der Waals surface area (Å²) in [5, 5.41) is 3.50. The number of carbonyl (C=O) groups is 2. The number of nitrogens with zero attached hydrogens (tertiary/aromatic N) is 2. The lowest BCUT2D eigenvalue weighted by atomic mass is 10.1. The Kier molecular flexibility index (Phi) is 7.94. The minimum Gasteiger partial charge on any atom is -0.493 e. The van der Waals surface area contributed by atoms with E-state index < -0.39 is 0 Å². The van der Waals surface area contributed by atoms with E-state index in [9.17, 15) is 9.59 Å². The van der Waals surface area contributed by atoms with Crippen LogP contribution in [-0.2, 0) is 9.59 Å². The van der Waals surface area contributed by atoms with E-state index in [0.717, 1.165) is 5.56 Å². The summed E-state index contributed by atoms with van der Waals surface area (Å²) in [5.74, 6) is 0.487. The fourth-order valence-electron chi connectivity index (χ4n) is 3.11. The number of amides is 2. The number of hydrogen-bond donors (Lipinski definition) is 1. The molecule has 1 N–H and O–H groups in total. The van der Waals surface area contributed by atoms with Gasteiger partial charge in [0.05, 0.1) is 12.0 Å². The van der Waals surface area contributed by atoms with Crippen LogP contribution in [0.3, 0.4) is 0 Å². The van der Waals surface area contributed by atoms with Gasteiger partial charge in [0.25, 0.3) is 11.8 Å². The number of rotatable bonds is 8.